The van der Waals surface area contributed by atoms with Gasteiger partial charge in [-0.2, -0.15) is 0 Å². The molecule has 1 heterocycles. The van der Waals surface area contributed by atoms with E-state index in [1.54, 1.807) is 12.4 Å². The second-order valence-electron chi connectivity index (χ2n) is 5.13. The number of rotatable bonds is 7. The summed E-state index contributed by atoms with van der Waals surface area (Å²) in [6.45, 7) is 6.92. The Morgan fingerprint density at radius 1 is 1.41 bits per heavy atom. The summed E-state index contributed by atoms with van der Waals surface area (Å²) in [6.07, 6.45) is 6.07. The molecule has 0 aromatic carbocycles. The lowest BCUT2D eigenvalue weighted by Crippen LogP contribution is -2.19. The molecule has 0 radical (unpaired) electrons. The lowest BCUT2D eigenvalue weighted by Gasteiger charge is -2.08. The van der Waals surface area contributed by atoms with Gasteiger partial charge in [0.2, 0.25) is 5.88 Å². The summed E-state index contributed by atoms with van der Waals surface area (Å²) in [7, 11) is 0. The zero-order valence-corrected chi connectivity index (χ0v) is 10.6. The van der Waals surface area contributed by atoms with Crippen molar-refractivity contribution in [3.8, 4) is 5.88 Å². The fourth-order valence-corrected chi connectivity index (χ4v) is 1.52. The molecule has 0 saturated heterocycles. The highest BCUT2D eigenvalue weighted by Crippen LogP contribution is 2.29. The van der Waals surface area contributed by atoms with Crippen molar-refractivity contribution in [1.29, 1.82) is 0 Å². The minimum atomic E-state index is 0.650. The highest BCUT2D eigenvalue weighted by atomic mass is 16.5. The van der Waals surface area contributed by atoms with Crippen molar-refractivity contribution < 1.29 is 4.74 Å². The fraction of sp³-hybridized carbons (Fsp3) is 0.692. The van der Waals surface area contributed by atoms with Crippen molar-refractivity contribution in [2.75, 3.05) is 13.2 Å². The molecule has 1 fully saturated rings. The number of ether oxygens (including phenoxy) is 1. The van der Waals surface area contributed by atoms with Gasteiger partial charge in [0.1, 0.15) is 0 Å². The van der Waals surface area contributed by atoms with Gasteiger partial charge in [-0.1, -0.05) is 13.8 Å². The van der Waals surface area contributed by atoms with E-state index in [0.717, 1.165) is 31.3 Å². The SMILES string of the molecule is CC(C)CNCc1cncc(OCC2CC2)n1. The molecule has 1 N–H and O–H groups in total. The van der Waals surface area contributed by atoms with Crippen LogP contribution in [0.3, 0.4) is 0 Å². The third kappa shape index (κ3) is 4.69. The quantitative estimate of drug-likeness (QED) is 0.785. The standard InChI is InChI=1S/C13H21N3O/c1-10(2)5-14-6-12-7-15-8-13(16-12)17-9-11-3-4-11/h7-8,10-11,14H,3-6,9H2,1-2H3. The van der Waals surface area contributed by atoms with Gasteiger partial charge in [0.05, 0.1) is 18.5 Å². The molecule has 0 unspecified atom stereocenters. The van der Waals surface area contributed by atoms with E-state index >= 15 is 0 Å². The maximum atomic E-state index is 5.60. The summed E-state index contributed by atoms with van der Waals surface area (Å²) in [4.78, 5) is 8.58. The van der Waals surface area contributed by atoms with Gasteiger partial charge < -0.3 is 10.1 Å². The molecule has 0 spiro atoms. The van der Waals surface area contributed by atoms with E-state index in [-0.39, 0.29) is 0 Å². The van der Waals surface area contributed by atoms with Gasteiger partial charge in [0, 0.05) is 12.7 Å². The average Bonchev–Trinajstić information content (AvgIpc) is 3.10. The van der Waals surface area contributed by atoms with Crippen LogP contribution in [0.1, 0.15) is 32.4 Å². The molecule has 0 bridgehead atoms. The smallest absolute Gasteiger partial charge is 0.232 e. The minimum absolute atomic E-state index is 0.650. The van der Waals surface area contributed by atoms with Crippen molar-refractivity contribution in [3.05, 3.63) is 18.1 Å². The Kier molecular flexibility index (Phi) is 4.31. The topological polar surface area (TPSA) is 47.0 Å². The predicted octanol–water partition coefficient (Wildman–Crippen LogP) is 2.01. The van der Waals surface area contributed by atoms with Crippen molar-refractivity contribution in [2.24, 2.45) is 11.8 Å². The van der Waals surface area contributed by atoms with Crippen LogP contribution in [-0.4, -0.2) is 23.1 Å². The molecule has 1 aromatic rings. The molecule has 0 atom stereocenters. The van der Waals surface area contributed by atoms with Crippen molar-refractivity contribution in [1.82, 2.24) is 15.3 Å². The minimum Gasteiger partial charge on any atom is -0.476 e. The van der Waals surface area contributed by atoms with Crippen molar-refractivity contribution in [2.45, 2.75) is 33.2 Å². The largest absolute Gasteiger partial charge is 0.476 e. The third-order valence-corrected chi connectivity index (χ3v) is 2.68. The van der Waals surface area contributed by atoms with Crippen LogP contribution < -0.4 is 10.1 Å². The van der Waals surface area contributed by atoms with Gasteiger partial charge in [0.25, 0.3) is 0 Å². The van der Waals surface area contributed by atoms with Gasteiger partial charge in [-0.3, -0.25) is 4.98 Å². The van der Waals surface area contributed by atoms with Crippen LogP contribution in [0.2, 0.25) is 0 Å². The van der Waals surface area contributed by atoms with Gasteiger partial charge in [0.15, 0.2) is 0 Å². The van der Waals surface area contributed by atoms with E-state index < -0.39 is 0 Å². The first-order valence-electron chi connectivity index (χ1n) is 6.38. The molecule has 0 amide bonds. The number of hydrogen-bond donors (Lipinski definition) is 1. The third-order valence-electron chi connectivity index (χ3n) is 2.68. The normalized spacial score (nSPS) is 15.2. The Bertz CT molecular complexity index is 350. The predicted molar refractivity (Wildman–Crippen MR) is 66.8 cm³/mol. The molecule has 1 aliphatic carbocycles. The molecule has 17 heavy (non-hydrogen) atoms. The lowest BCUT2D eigenvalue weighted by molar-refractivity contribution is 0.286. The molecular weight excluding hydrogens is 214 g/mol. The van der Waals surface area contributed by atoms with Crippen molar-refractivity contribution >= 4 is 0 Å². The average molecular weight is 235 g/mol. The first-order chi connectivity index (χ1) is 8.24. The summed E-state index contributed by atoms with van der Waals surface area (Å²) < 4.78 is 5.60. The van der Waals surface area contributed by atoms with E-state index in [9.17, 15) is 0 Å². The summed E-state index contributed by atoms with van der Waals surface area (Å²) in [6, 6.07) is 0. The maximum Gasteiger partial charge on any atom is 0.232 e. The summed E-state index contributed by atoms with van der Waals surface area (Å²) in [5.41, 5.74) is 0.943. The Morgan fingerprint density at radius 2 is 2.24 bits per heavy atom. The number of nitrogens with one attached hydrogen (secondary N) is 1. The highest BCUT2D eigenvalue weighted by Gasteiger charge is 2.22. The molecule has 4 nitrogen and oxygen atoms in total. The summed E-state index contributed by atoms with van der Waals surface area (Å²) in [5.74, 6) is 2.05. The van der Waals surface area contributed by atoms with E-state index in [4.69, 9.17) is 4.74 Å². The van der Waals surface area contributed by atoms with Crippen LogP contribution in [0.4, 0.5) is 0 Å². The molecule has 4 heteroatoms. The molecule has 94 valence electrons. The van der Waals surface area contributed by atoms with E-state index in [2.05, 4.69) is 29.1 Å². The van der Waals surface area contributed by atoms with Gasteiger partial charge in [-0.05, 0) is 31.2 Å². The molecular formula is C13H21N3O. The molecule has 0 aliphatic heterocycles. The second-order valence-corrected chi connectivity index (χ2v) is 5.13. The summed E-state index contributed by atoms with van der Waals surface area (Å²) >= 11 is 0. The van der Waals surface area contributed by atoms with E-state index in [1.807, 2.05) is 0 Å². The fourth-order valence-electron chi connectivity index (χ4n) is 1.52. The highest BCUT2D eigenvalue weighted by molar-refractivity contribution is 5.08. The maximum absolute atomic E-state index is 5.60. The van der Waals surface area contributed by atoms with Crippen molar-refractivity contribution in [3.63, 3.8) is 0 Å². The van der Waals surface area contributed by atoms with Crippen LogP contribution in [0.25, 0.3) is 0 Å². The Hall–Kier alpha value is -1.16. The first kappa shape index (κ1) is 12.3. The molecule has 1 aliphatic rings. The zero-order chi connectivity index (χ0) is 12.1. The zero-order valence-electron chi connectivity index (χ0n) is 10.6. The van der Waals surface area contributed by atoms with Gasteiger partial charge in [-0.25, -0.2) is 4.98 Å². The molecule has 1 saturated carbocycles. The van der Waals surface area contributed by atoms with Crippen LogP contribution in [0.5, 0.6) is 5.88 Å². The Morgan fingerprint density at radius 3 is 2.94 bits per heavy atom. The second kappa shape index (κ2) is 5.96. The lowest BCUT2D eigenvalue weighted by atomic mass is 10.2. The summed E-state index contributed by atoms with van der Waals surface area (Å²) in [5, 5.41) is 3.35. The Labute approximate surface area is 103 Å². The van der Waals surface area contributed by atoms with Gasteiger partial charge in [-0.15, -0.1) is 0 Å². The van der Waals surface area contributed by atoms with Crippen LogP contribution >= 0.6 is 0 Å². The van der Waals surface area contributed by atoms with Gasteiger partial charge >= 0.3 is 0 Å². The monoisotopic (exact) mass is 235 g/mol. The number of hydrogen-bond acceptors (Lipinski definition) is 4. The molecule has 1 aromatic heterocycles. The van der Waals surface area contributed by atoms with Crippen LogP contribution in [0.15, 0.2) is 12.4 Å². The van der Waals surface area contributed by atoms with Crippen LogP contribution in [-0.2, 0) is 6.54 Å². The molecule has 2 rings (SSSR count). The number of aromatic nitrogens is 2. The van der Waals surface area contributed by atoms with Crippen LogP contribution in [0, 0.1) is 11.8 Å². The Balaban J connectivity index is 1.78. The first-order valence-corrected chi connectivity index (χ1v) is 6.38. The number of nitrogens with zero attached hydrogens (tertiary/aromatic N) is 2. The van der Waals surface area contributed by atoms with E-state index in [0.29, 0.717) is 11.8 Å². The van der Waals surface area contributed by atoms with E-state index in [1.165, 1.54) is 12.8 Å².